The van der Waals surface area contributed by atoms with Crippen molar-refractivity contribution in [1.29, 1.82) is 0 Å². The average molecular weight is 274 g/mol. The molecule has 0 bridgehead atoms. The number of ether oxygens (including phenoxy) is 1. The minimum Gasteiger partial charge on any atom is -0.369 e. The van der Waals surface area contributed by atoms with Gasteiger partial charge in [-0.05, 0) is 58.6 Å². The molecule has 1 heterocycles. The molecule has 0 N–H and O–H groups in total. The number of ketones is 1. The highest BCUT2D eigenvalue weighted by Gasteiger charge is 2.48. The van der Waals surface area contributed by atoms with E-state index in [1.165, 1.54) is 11.1 Å². The first-order valence-corrected chi connectivity index (χ1v) is 7.49. The molecule has 0 aromatic heterocycles. The zero-order chi connectivity index (χ0) is 15.0. The lowest BCUT2D eigenvalue weighted by Gasteiger charge is -2.26. The third kappa shape index (κ3) is 3.29. The summed E-state index contributed by atoms with van der Waals surface area (Å²) in [6.07, 6.45) is 2.27. The molecule has 0 radical (unpaired) electrons. The Morgan fingerprint density at radius 1 is 1.25 bits per heavy atom. The maximum Gasteiger partial charge on any atom is 0.139 e. The Bertz CT molecular complexity index is 500. The van der Waals surface area contributed by atoms with Crippen LogP contribution in [-0.2, 0) is 16.0 Å². The third-order valence-electron chi connectivity index (χ3n) is 4.36. The van der Waals surface area contributed by atoms with Gasteiger partial charge in [-0.25, -0.2) is 0 Å². The summed E-state index contributed by atoms with van der Waals surface area (Å²) in [5.41, 5.74) is 2.01. The minimum atomic E-state index is -0.341. The van der Waals surface area contributed by atoms with Gasteiger partial charge in [-0.1, -0.05) is 24.3 Å². The van der Waals surface area contributed by atoms with E-state index in [4.69, 9.17) is 4.74 Å². The molecule has 0 spiro atoms. The quantitative estimate of drug-likeness (QED) is 0.826. The molecule has 0 saturated carbocycles. The number of Topliss-reactive ketones (excluding diaryl/α,β-unsaturated/α-hetero) is 1. The van der Waals surface area contributed by atoms with E-state index < -0.39 is 0 Å². The van der Waals surface area contributed by atoms with Crippen LogP contribution in [0.5, 0.6) is 0 Å². The van der Waals surface area contributed by atoms with Crippen LogP contribution in [0, 0.1) is 12.8 Å². The van der Waals surface area contributed by atoms with Gasteiger partial charge in [0.1, 0.15) is 5.78 Å². The van der Waals surface area contributed by atoms with Crippen LogP contribution in [-0.4, -0.2) is 17.0 Å². The van der Waals surface area contributed by atoms with E-state index in [9.17, 15) is 4.79 Å². The summed E-state index contributed by atoms with van der Waals surface area (Å²) in [6, 6.07) is 8.30. The third-order valence-corrected chi connectivity index (χ3v) is 4.36. The molecule has 0 amide bonds. The molecule has 1 fully saturated rings. The number of carbonyl (C=O) groups is 1. The van der Waals surface area contributed by atoms with Crippen molar-refractivity contribution in [2.45, 2.75) is 65.1 Å². The molecule has 1 aliphatic rings. The Kier molecular flexibility index (Phi) is 4.06. The highest BCUT2D eigenvalue weighted by molar-refractivity contribution is 5.82. The normalized spacial score (nSPS) is 23.8. The highest BCUT2D eigenvalue weighted by Crippen LogP contribution is 2.42. The van der Waals surface area contributed by atoms with E-state index in [2.05, 4.69) is 32.9 Å². The van der Waals surface area contributed by atoms with Gasteiger partial charge >= 0.3 is 0 Å². The van der Waals surface area contributed by atoms with Crippen LogP contribution >= 0.6 is 0 Å². The first kappa shape index (κ1) is 15.2. The van der Waals surface area contributed by atoms with E-state index in [1.807, 2.05) is 26.0 Å². The van der Waals surface area contributed by atoms with Crippen LogP contribution in [0.15, 0.2) is 24.3 Å². The maximum absolute atomic E-state index is 12.6. The van der Waals surface area contributed by atoms with Gasteiger partial charge in [0.2, 0.25) is 0 Å². The molecule has 1 atom stereocenters. The van der Waals surface area contributed by atoms with Gasteiger partial charge in [-0.2, -0.15) is 0 Å². The monoisotopic (exact) mass is 274 g/mol. The molecule has 2 rings (SSSR count). The zero-order valence-corrected chi connectivity index (χ0v) is 13.3. The van der Waals surface area contributed by atoms with Gasteiger partial charge < -0.3 is 4.74 Å². The molecule has 20 heavy (non-hydrogen) atoms. The van der Waals surface area contributed by atoms with Crippen molar-refractivity contribution < 1.29 is 9.53 Å². The molecular weight excluding hydrogens is 248 g/mol. The summed E-state index contributed by atoms with van der Waals surface area (Å²) in [5, 5.41) is 0. The van der Waals surface area contributed by atoms with Gasteiger partial charge in [-0.3, -0.25) is 4.79 Å². The fourth-order valence-electron chi connectivity index (χ4n) is 3.39. The number of benzene rings is 1. The summed E-state index contributed by atoms with van der Waals surface area (Å²) >= 11 is 0. The summed E-state index contributed by atoms with van der Waals surface area (Å²) in [4.78, 5) is 12.6. The number of rotatable bonds is 4. The highest BCUT2D eigenvalue weighted by atomic mass is 16.5. The summed E-state index contributed by atoms with van der Waals surface area (Å²) in [5.74, 6) is 0.352. The minimum absolute atomic E-state index is 0.0153. The second-order valence-electron chi connectivity index (χ2n) is 7.11. The molecule has 1 saturated heterocycles. The molecule has 0 aliphatic carbocycles. The van der Waals surface area contributed by atoms with Crippen molar-refractivity contribution in [3.05, 3.63) is 35.4 Å². The van der Waals surface area contributed by atoms with E-state index >= 15 is 0 Å². The van der Waals surface area contributed by atoms with E-state index in [0.717, 1.165) is 12.8 Å². The van der Waals surface area contributed by atoms with Crippen molar-refractivity contribution in [1.82, 2.24) is 0 Å². The topological polar surface area (TPSA) is 26.3 Å². The van der Waals surface area contributed by atoms with E-state index in [-0.39, 0.29) is 17.1 Å². The SMILES string of the molecule is Cc1ccccc1CCC(=O)C1CC(C)(C)OC1(C)C. The molecule has 110 valence electrons. The van der Waals surface area contributed by atoms with Crippen molar-refractivity contribution in [3.8, 4) is 0 Å². The Hall–Kier alpha value is -1.15. The Morgan fingerprint density at radius 3 is 2.45 bits per heavy atom. The van der Waals surface area contributed by atoms with Crippen LogP contribution in [0.3, 0.4) is 0 Å². The summed E-state index contributed by atoms with van der Waals surface area (Å²) < 4.78 is 6.02. The number of hydrogen-bond donors (Lipinski definition) is 0. The number of carbonyl (C=O) groups excluding carboxylic acids is 1. The maximum atomic E-state index is 12.6. The van der Waals surface area contributed by atoms with Gasteiger partial charge in [0, 0.05) is 12.3 Å². The van der Waals surface area contributed by atoms with Gasteiger partial charge in [0.25, 0.3) is 0 Å². The zero-order valence-electron chi connectivity index (χ0n) is 13.3. The lowest BCUT2D eigenvalue weighted by atomic mass is 9.82. The predicted octanol–water partition coefficient (Wildman–Crippen LogP) is 4.09. The summed E-state index contributed by atoms with van der Waals surface area (Å²) in [6.45, 7) is 10.3. The molecular formula is C18H26O2. The predicted molar refractivity (Wildman–Crippen MR) is 81.9 cm³/mol. The second kappa shape index (κ2) is 5.33. The van der Waals surface area contributed by atoms with Gasteiger partial charge in [0.15, 0.2) is 0 Å². The first-order valence-electron chi connectivity index (χ1n) is 7.49. The molecule has 1 unspecified atom stereocenters. The largest absolute Gasteiger partial charge is 0.369 e. The van der Waals surface area contributed by atoms with E-state index in [0.29, 0.717) is 12.2 Å². The van der Waals surface area contributed by atoms with Crippen molar-refractivity contribution in [2.24, 2.45) is 5.92 Å². The second-order valence-corrected chi connectivity index (χ2v) is 7.11. The van der Waals surface area contributed by atoms with Gasteiger partial charge in [-0.15, -0.1) is 0 Å². The Balaban J connectivity index is 2.01. The molecule has 1 aromatic carbocycles. The van der Waals surface area contributed by atoms with Crippen molar-refractivity contribution in [2.75, 3.05) is 0 Å². The fraction of sp³-hybridized carbons (Fsp3) is 0.611. The molecule has 2 heteroatoms. The van der Waals surface area contributed by atoms with Crippen LogP contribution in [0.1, 0.15) is 51.7 Å². The smallest absolute Gasteiger partial charge is 0.139 e. The lowest BCUT2D eigenvalue weighted by molar-refractivity contribution is -0.129. The van der Waals surface area contributed by atoms with Gasteiger partial charge in [0.05, 0.1) is 11.2 Å². The molecule has 1 aliphatic heterocycles. The van der Waals surface area contributed by atoms with Crippen molar-refractivity contribution >= 4 is 5.78 Å². The number of hydrogen-bond acceptors (Lipinski definition) is 2. The van der Waals surface area contributed by atoms with Crippen LogP contribution < -0.4 is 0 Å². The van der Waals surface area contributed by atoms with Crippen molar-refractivity contribution in [3.63, 3.8) is 0 Å². The van der Waals surface area contributed by atoms with Crippen LogP contribution in [0.25, 0.3) is 0 Å². The van der Waals surface area contributed by atoms with Crippen LogP contribution in [0.4, 0.5) is 0 Å². The average Bonchev–Trinajstić information content (AvgIpc) is 2.56. The lowest BCUT2D eigenvalue weighted by Crippen LogP contribution is -2.34. The Morgan fingerprint density at radius 2 is 1.90 bits per heavy atom. The first-order chi connectivity index (χ1) is 9.21. The van der Waals surface area contributed by atoms with Crippen LogP contribution in [0.2, 0.25) is 0 Å². The molecule has 2 nitrogen and oxygen atoms in total. The van der Waals surface area contributed by atoms with E-state index in [1.54, 1.807) is 0 Å². The summed E-state index contributed by atoms with van der Waals surface area (Å²) in [7, 11) is 0. The number of aryl methyl sites for hydroxylation is 2. The standard InChI is InChI=1S/C18H26O2/c1-13-8-6-7-9-14(13)10-11-16(19)15-12-17(2,3)20-18(15,4)5/h6-9,15H,10-12H2,1-5H3. The molecule has 1 aromatic rings. The fourth-order valence-corrected chi connectivity index (χ4v) is 3.39. The Labute approximate surface area is 122 Å².